The van der Waals surface area contributed by atoms with Crippen LogP contribution >= 0.6 is 0 Å². The molecule has 2 aromatic heterocycles. The van der Waals surface area contributed by atoms with Crippen LogP contribution in [0, 0.1) is 5.82 Å². The van der Waals surface area contributed by atoms with E-state index < -0.39 is 27.3 Å². The van der Waals surface area contributed by atoms with Gasteiger partial charge < -0.3 is 9.84 Å². The molecule has 9 nitrogen and oxygen atoms in total. The number of nitrogens with zero attached hydrogens (tertiary/aromatic N) is 3. The lowest BCUT2D eigenvalue weighted by Crippen LogP contribution is -2.34. The molecule has 0 aliphatic rings. The fraction of sp³-hybridized carbons (Fsp3) is 0.375. The second-order valence-corrected chi connectivity index (χ2v) is 10.7. The highest BCUT2D eigenvalue weighted by Gasteiger charge is 2.27. The van der Waals surface area contributed by atoms with Crippen LogP contribution in [0.3, 0.4) is 0 Å². The van der Waals surface area contributed by atoms with Crippen LogP contribution in [0.1, 0.15) is 44.7 Å². The van der Waals surface area contributed by atoms with E-state index in [9.17, 15) is 22.7 Å². The number of nitrogens with one attached hydrogen (secondary N) is 1. The summed E-state index contributed by atoms with van der Waals surface area (Å²) in [7, 11) is -2.82. The van der Waals surface area contributed by atoms with Gasteiger partial charge in [0, 0.05) is 18.5 Å². The van der Waals surface area contributed by atoms with E-state index in [4.69, 9.17) is 4.74 Å². The van der Waals surface area contributed by atoms with Crippen molar-refractivity contribution in [2.75, 3.05) is 13.7 Å². The number of hydrogen-bond donors (Lipinski definition) is 2. The molecule has 0 spiro atoms. The van der Waals surface area contributed by atoms with Gasteiger partial charge in [-0.2, -0.15) is 13.5 Å². The minimum atomic E-state index is -4.27. The average molecular weight is 505 g/mol. The SMILES string of the molecule is COc1cc(-c2cc(F)cc(C(C)C)c2CC(=O)NS(=O)(=O)c2ccn(C(C)(C)CO)n2)ccn1. The molecule has 0 unspecified atom stereocenters. The van der Waals surface area contributed by atoms with Gasteiger partial charge in [-0.1, -0.05) is 13.8 Å². The van der Waals surface area contributed by atoms with Gasteiger partial charge in [0.1, 0.15) is 5.82 Å². The Labute approximate surface area is 204 Å². The summed E-state index contributed by atoms with van der Waals surface area (Å²) in [6.45, 7) is 6.84. The van der Waals surface area contributed by atoms with Gasteiger partial charge in [0.2, 0.25) is 11.8 Å². The van der Waals surface area contributed by atoms with Gasteiger partial charge in [0.05, 0.1) is 25.7 Å². The first kappa shape index (κ1) is 26.3. The van der Waals surface area contributed by atoms with Crippen molar-refractivity contribution in [1.82, 2.24) is 19.5 Å². The third-order valence-corrected chi connectivity index (χ3v) is 6.82. The lowest BCUT2D eigenvalue weighted by Gasteiger charge is -2.22. The van der Waals surface area contributed by atoms with Crippen molar-refractivity contribution in [3.8, 4) is 17.0 Å². The molecule has 0 bridgehead atoms. The third kappa shape index (κ3) is 5.85. The Balaban J connectivity index is 1.96. The fourth-order valence-corrected chi connectivity index (χ4v) is 4.49. The molecule has 2 heterocycles. The van der Waals surface area contributed by atoms with Gasteiger partial charge in [-0.3, -0.25) is 9.48 Å². The zero-order chi connectivity index (χ0) is 26.0. The molecule has 0 saturated carbocycles. The molecule has 3 rings (SSSR count). The summed E-state index contributed by atoms with van der Waals surface area (Å²) in [6, 6.07) is 7.18. The van der Waals surface area contributed by atoms with Gasteiger partial charge >= 0.3 is 0 Å². The van der Waals surface area contributed by atoms with Crippen molar-refractivity contribution in [3.05, 3.63) is 59.7 Å². The lowest BCUT2D eigenvalue weighted by molar-refractivity contribution is -0.118. The molecule has 0 aliphatic carbocycles. The number of methoxy groups -OCH3 is 1. The number of ether oxygens (including phenoxy) is 1. The molecule has 1 aromatic carbocycles. The summed E-state index contributed by atoms with van der Waals surface area (Å²) in [5.41, 5.74) is 1.27. The van der Waals surface area contributed by atoms with Crippen LogP contribution in [-0.4, -0.2) is 47.9 Å². The summed E-state index contributed by atoms with van der Waals surface area (Å²) in [5, 5.41) is 13.2. The predicted octanol–water partition coefficient (Wildman–Crippen LogP) is 2.99. The van der Waals surface area contributed by atoms with Crippen LogP contribution in [0.5, 0.6) is 5.88 Å². The zero-order valence-electron chi connectivity index (χ0n) is 20.2. The van der Waals surface area contributed by atoms with Crippen LogP contribution in [0.25, 0.3) is 11.1 Å². The van der Waals surface area contributed by atoms with E-state index in [0.717, 1.165) is 0 Å². The quantitative estimate of drug-likeness (QED) is 0.459. The number of halogens is 1. The van der Waals surface area contributed by atoms with E-state index in [2.05, 4.69) is 14.8 Å². The Kier molecular flexibility index (Phi) is 7.61. The Morgan fingerprint density at radius 3 is 2.60 bits per heavy atom. The molecule has 0 atom stereocenters. The van der Waals surface area contributed by atoms with Crippen LogP contribution in [0.2, 0.25) is 0 Å². The van der Waals surface area contributed by atoms with E-state index in [1.807, 2.05) is 13.8 Å². The predicted molar refractivity (Wildman–Crippen MR) is 128 cm³/mol. The Morgan fingerprint density at radius 2 is 1.97 bits per heavy atom. The van der Waals surface area contributed by atoms with Gasteiger partial charge in [0.25, 0.3) is 10.0 Å². The van der Waals surface area contributed by atoms with E-state index in [-0.39, 0.29) is 24.0 Å². The molecule has 188 valence electrons. The number of aliphatic hydroxyl groups excluding tert-OH is 1. The maximum Gasteiger partial charge on any atom is 0.283 e. The minimum Gasteiger partial charge on any atom is -0.481 e. The van der Waals surface area contributed by atoms with Gasteiger partial charge in [-0.15, -0.1) is 0 Å². The first-order valence-electron chi connectivity index (χ1n) is 10.9. The summed E-state index contributed by atoms with van der Waals surface area (Å²) in [4.78, 5) is 17.0. The molecule has 0 radical (unpaired) electrons. The Bertz CT molecular complexity index is 1340. The number of carbonyl (C=O) groups is 1. The summed E-state index contributed by atoms with van der Waals surface area (Å²) in [5.74, 6) is -1.09. The fourth-order valence-electron chi connectivity index (χ4n) is 3.58. The van der Waals surface area contributed by atoms with Crippen molar-refractivity contribution in [2.24, 2.45) is 0 Å². The number of rotatable bonds is 9. The number of sulfonamides is 1. The topological polar surface area (TPSA) is 123 Å². The van der Waals surface area contributed by atoms with E-state index in [1.165, 1.54) is 42.4 Å². The first-order chi connectivity index (χ1) is 16.4. The summed E-state index contributed by atoms with van der Waals surface area (Å²) >= 11 is 0. The van der Waals surface area contributed by atoms with E-state index >= 15 is 0 Å². The van der Waals surface area contributed by atoms with Crippen molar-refractivity contribution < 1.29 is 27.4 Å². The molecular weight excluding hydrogens is 475 g/mol. The third-order valence-electron chi connectivity index (χ3n) is 5.56. The van der Waals surface area contributed by atoms with Crippen molar-refractivity contribution in [3.63, 3.8) is 0 Å². The smallest absolute Gasteiger partial charge is 0.283 e. The van der Waals surface area contributed by atoms with Crippen LogP contribution in [-0.2, 0) is 26.8 Å². The summed E-state index contributed by atoms with van der Waals surface area (Å²) < 4.78 is 48.7. The number of benzene rings is 1. The maximum atomic E-state index is 14.5. The molecule has 35 heavy (non-hydrogen) atoms. The van der Waals surface area contributed by atoms with Crippen molar-refractivity contribution in [2.45, 2.75) is 50.6 Å². The standard InChI is InChI=1S/C24H29FN4O5S/c1-15(2)18-11-17(25)12-19(16-6-8-26-22(10-16)34-5)20(18)13-21(31)28-35(32,33)23-7-9-29(27-23)24(3,4)14-30/h6-12,15,30H,13-14H2,1-5H3,(H,28,31). The lowest BCUT2D eigenvalue weighted by atomic mass is 9.88. The van der Waals surface area contributed by atoms with Gasteiger partial charge in [0.15, 0.2) is 5.03 Å². The monoisotopic (exact) mass is 504 g/mol. The molecule has 1 amide bonds. The normalized spacial score (nSPS) is 12.1. The number of amides is 1. The Hall–Kier alpha value is -3.31. The minimum absolute atomic E-state index is 0.135. The highest BCUT2D eigenvalue weighted by atomic mass is 32.2. The second-order valence-electron chi connectivity index (χ2n) is 9.04. The highest BCUT2D eigenvalue weighted by Crippen LogP contribution is 2.33. The zero-order valence-corrected chi connectivity index (χ0v) is 21.1. The van der Waals surface area contributed by atoms with E-state index in [1.54, 1.807) is 26.0 Å². The largest absolute Gasteiger partial charge is 0.481 e. The number of aliphatic hydroxyl groups is 1. The van der Waals surface area contributed by atoms with Gasteiger partial charge in [-0.05, 0) is 66.3 Å². The summed E-state index contributed by atoms with van der Waals surface area (Å²) in [6.07, 6.45) is 2.61. The van der Waals surface area contributed by atoms with Gasteiger partial charge in [-0.25, -0.2) is 14.1 Å². The second kappa shape index (κ2) is 10.1. The van der Waals surface area contributed by atoms with Crippen molar-refractivity contribution >= 4 is 15.9 Å². The van der Waals surface area contributed by atoms with Crippen molar-refractivity contribution in [1.29, 1.82) is 0 Å². The Morgan fingerprint density at radius 1 is 1.26 bits per heavy atom. The molecule has 3 aromatic rings. The van der Waals surface area contributed by atoms with Crippen LogP contribution in [0.15, 0.2) is 47.8 Å². The molecule has 0 aliphatic heterocycles. The maximum absolute atomic E-state index is 14.5. The highest BCUT2D eigenvalue weighted by molar-refractivity contribution is 7.90. The van der Waals surface area contributed by atoms with Crippen LogP contribution in [0.4, 0.5) is 4.39 Å². The molecule has 11 heteroatoms. The molecule has 0 fully saturated rings. The number of hydrogen-bond acceptors (Lipinski definition) is 7. The molecule has 2 N–H and O–H groups in total. The molecular formula is C24H29FN4O5S. The number of aromatic nitrogens is 3. The first-order valence-corrected chi connectivity index (χ1v) is 12.4. The number of carbonyl (C=O) groups excluding carboxylic acids is 1. The van der Waals surface area contributed by atoms with E-state index in [0.29, 0.717) is 28.1 Å². The molecule has 0 saturated heterocycles. The average Bonchev–Trinajstić information content (AvgIpc) is 3.32. The van der Waals surface area contributed by atoms with Crippen LogP contribution < -0.4 is 9.46 Å². The number of pyridine rings is 1.